The second-order valence-corrected chi connectivity index (χ2v) is 4.44. The van der Waals surface area contributed by atoms with Crippen LogP contribution >= 0.6 is 11.8 Å². The first kappa shape index (κ1) is 14.8. The summed E-state index contributed by atoms with van der Waals surface area (Å²) in [7, 11) is 0. The molecule has 2 nitrogen and oxygen atoms in total. The summed E-state index contributed by atoms with van der Waals surface area (Å²) in [5.41, 5.74) is 0.683. The highest BCUT2D eigenvalue weighted by Gasteiger charge is 2.01. The summed E-state index contributed by atoms with van der Waals surface area (Å²) in [5.74, 6) is 0.489. The number of nitrogens with zero attached hydrogens (tertiary/aromatic N) is 1. The monoisotopic (exact) mass is 280 g/mol. The summed E-state index contributed by atoms with van der Waals surface area (Å²) < 4.78 is 47.0. The quantitative estimate of drug-likeness (QED) is 0.456. The molecule has 0 unspecified atom stereocenters. The number of hydrogen-bond acceptors (Lipinski definition) is 2. The van der Waals surface area contributed by atoms with Gasteiger partial charge in [-0.3, -0.25) is 0 Å². The fourth-order valence-electron chi connectivity index (χ4n) is 1.19. The maximum Gasteiger partial charge on any atom is 0.266 e. The van der Waals surface area contributed by atoms with E-state index in [9.17, 15) is 17.6 Å². The molecule has 0 aliphatic rings. The third-order valence-electron chi connectivity index (χ3n) is 1.96. The predicted molar refractivity (Wildman–Crippen MR) is 62.8 cm³/mol. The van der Waals surface area contributed by atoms with Crippen molar-refractivity contribution in [3.05, 3.63) is 36.2 Å². The third-order valence-corrected chi connectivity index (χ3v) is 2.88. The Bertz CT molecular complexity index is 420. The van der Waals surface area contributed by atoms with Crippen LogP contribution in [-0.4, -0.2) is 15.7 Å². The summed E-state index contributed by atoms with van der Waals surface area (Å²) >= 11 is 1.31. The average Bonchev–Trinajstić information content (AvgIpc) is 2.72. The van der Waals surface area contributed by atoms with E-state index in [0.717, 1.165) is 12.2 Å². The van der Waals surface area contributed by atoms with Crippen molar-refractivity contribution in [2.75, 3.05) is 5.75 Å². The maximum absolute atomic E-state index is 11.8. The molecule has 0 saturated heterocycles. The van der Waals surface area contributed by atoms with Gasteiger partial charge < -0.3 is 4.98 Å². The molecule has 0 radical (unpaired) electrons. The van der Waals surface area contributed by atoms with Crippen molar-refractivity contribution >= 4 is 11.8 Å². The van der Waals surface area contributed by atoms with E-state index in [1.54, 1.807) is 6.20 Å². The summed E-state index contributed by atoms with van der Waals surface area (Å²) in [6.07, 6.45) is 0.870. The predicted octanol–water partition coefficient (Wildman–Crippen LogP) is 4.39. The molecule has 0 aliphatic carbocycles. The Morgan fingerprint density at radius 2 is 1.83 bits per heavy atom. The molecule has 0 saturated carbocycles. The minimum atomic E-state index is -1.69. The van der Waals surface area contributed by atoms with Crippen LogP contribution in [-0.2, 0) is 6.42 Å². The topological polar surface area (TPSA) is 28.7 Å². The van der Waals surface area contributed by atoms with Crippen molar-refractivity contribution < 1.29 is 17.6 Å². The van der Waals surface area contributed by atoms with E-state index in [1.807, 2.05) is 0 Å². The van der Waals surface area contributed by atoms with Crippen molar-refractivity contribution in [1.29, 1.82) is 0 Å². The second-order valence-electron chi connectivity index (χ2n) is 3.36. The van der Waals surface area contributed by atoms with E-state index in [1.165, 1.54) is 11.8 Å². The molecule has 7 heteroatoms. The second kappa shape index (κ2) is 7.97. The number of aromatic nitrogens is 2. The van der Waals surface area contributed by atoms with Crippen molar-refractivity contribution in [2.24, 2.45) is 0 Å². The van der Waals surface area contributed by atoms with E-state index in [-0.39, 0.29) is 12.8 Å². The molecular formula is C11H12F4N2S. The highest BCUT2D eigenvalue weighted by atomic mass is 32.2. The van der Waals surface area contributed by atoms with E-state index in [0.29, 0.717) is 23.0 Å². The van der Waals surface area contributed by atoms with Crippen LogP contribution in [0.5, 0.6) is 0 Å². The van der Waals surface area contributed by atoms with Gasteiger partial charge in [-0.05, 0) is 31.4 Å². The van der Waals surface area contributed by atoms with Crippen LogP contribution in [0.4, 0.5) is 17.6 Å². The SMILES string of the molecule is FC(F)=CCCSc1nc(CCC=C(F)F)c[nH]1. The zero-order chi connectivity index (χ0) is 13.4. The first-order chi connectivity index (χ1) is 8.58. The minimum absolute atomic E-state index is 0.229. The Morgan fingerprint density at radius 1 is 1.17 bits per heavy atom. The third kappa shape index (κ3) is 6.48. The average molecular weight is 280 g/mol. The molecule has 0 spiro atoms. The van der Waals surface area contributed by atoms with Crippen LogP contribution < -0.4 is 0 Å². The number of aryl methyl sites for hydroxylation is 1. The molecule has 1 aromatic rings. The highest BCUT2D eigenvalue weighted by molar-refractivity contribution is 7.99. The van der Waals surface area contributed by atoms with E-state index in [2.05, 4.69) is 9.97 Å². The van der Waals surface area contributed by atoms with Gasteiger partial charge in [0.2, 0.25) is 0 Å². The summed E-state index contributed by atoms with van der Waals surface area (Å²) in [4.78, 5) is 7.02. The van der Waals surface area contributed by atoms with Gasteiger partial charge in [0.1, 0.15) is 0 Å². The molecule has 0 fully saturated rings. The van der Waals surface area contributed by atoms with Crippen molar-refractivity contribution in [2.45, 2.75) is 24.4 Å². The lowest BCUT2D eigenvalue weighted by atomic mass is 10.2. The molecule has 1 N–H and O–H groups in total. The van der Waals surface area contributed by atoms with E-state index in [4.69, 9.17) is 0 Å². The minimum Gasteiger partial charge on any atom is -0.339 e. The summed E-state index contributed by atoms with van der Waals surface area (Å²) in [6.45, 7) is 0. The summed E-state index contributed by atoms with van der Waals surface area (Å²) in [5, 5.41) is 0.613. The van der Waals surface area contributed by atoms with Gasteiger partial charge in [-0.15, -0.1) is 0 Å². The zero-order valence-corrected chi connectivity index (χ0v) is 10.2. The molecule has 18 heavy (non-hydrogen) atoms. The van der Waals surface area contributed by atoms with Gasteiger partial charge in [0, 0.05) is 11.9 Å². The highest BCUT2D eigenvalue weighted by Crippen LogP contribution is 2.16. The standard InChI is InChI=1S/C11H12F4N2S/c12-9(13)4-1-3-8-7-16-11(17-8)18-6-2-5-10(14)15/h4-5,7H,1-3,6H2,(H,16,17). The van der Waals surface area contributed by atoms with Gasteiger partial charge in [0.25, 0.3) is 12.2 Å². The lowest BCUT2D eigenvalue weighted by Crippen LogP contribution is -1.84. The number of nitrogens with one attached hydrogen (secondary N) is 1. The number of H-pyrrole nitrogens is 1. The molecule has 1 aromatic heterocycles. The molecule has 0 amide bonds. The van der Waals surface area contributed by atoms with Gasteiger partial charge in [-0.1, -0.05) is 11.8 Å². The van der Waals surface area contributed by atoms with Crippen LogP contribution in [0.15, 0.2) is 35.7 Å². The number of imidazole rings is 1. The molecule has 100 valence electrons. The molecule has 1 rings (SSSR count). The van der Waals surface area contributed by atoms with Gasteiger partial charge in [0.15, 0.2) is 5.16 Å². The lowest BCUT2D eigenvalue weighted by Gasteiger charge is -1.93. The fourth-order valence-corrected chi connectivity index (χ4v) is 1.95. The molecule has 0 aromatic carbocycles. The summed E-state index contributed by atoms with van der Waals surface area (Å²) in [6, 6.07) is 0. The van der Waals surface area contributed by atoms with Crippen LogP contribution in [0.25, 0.3) is 0 Å². The Balaban J connectivity index is 2.30. The lowest BCUT2D eigenvalue weighted by molar-refractivity contribution is 0.417. The van der Waals surface area contributed by atoms with Crippen LogP contribution in [0.1, 0.15) is 18.5 Å². The Labute approximate surface area is 106 Å². The molecular weight excluding hydrogens is 268 g/mol. The van der Waals surface area contributed by atoms with Gasteiger partial charge in [-0.2, -0.15) is 17.6 Å². The number of allylic oxidation sites excluding steroid dienone is 2. The van der Waals surface area contributed by atoms with Gasteiger partial charge >= 0.3 is 0 Å². The molecule has 1 heterocycles. The fraction of sp³-hybridized carbons (Fsp3) is 0.364. The van der Waals surface area contributed by atoms with E-state index >= 15 is 0 Å². The Kier molecular flexibility index (Phi) is 6.56. The van der Waals surface area contributed by atoms with Crippen molar-refractivity contribution in [1.82, 2.24) is 9.97 Å². The molecule has 0 bridgehead atoms. The number of rotatable bonds is 7. The normalized spacial score (nSPS) is 10.2. The van der Waals surface area contributed by atoms with Crippen LogP contribution in [0, 0.1) is 0 Å². The maximum atomic E-state index is 11.8. The van der Waals surface area contributed by atoms with Gasteiger partial charge in [0.05, 0.1) is 5.69 Å². The number of hydrogen-bond donors (Lipinski definition) is 1. The number of thioether (sulfide) groups is 1. The van der Waals surface area contributed by atoms with Gasteiger partial charge in [-0.25, -0.2) is 4.98 Å². The largest absolute Gasteiger partial charge is 0.339 e. The Hall–Kier alpha value is -1.24. The smallest absolute Gasteiger partial charge is 0.266 e. The first-order valence-electron chi connectivity index (χ1n) is 5.27. The van der Waals surface area contributed by atoms with Crippen molar-refractivity contribution in [3.63, 3.8) is 0 Å². The van der Waals surface area contributed by atoms with Crippen LogP contribution in [0.2, 0.25) is 0 Å². The zero-order valence-electron chi connectivity index (χ0n) is 9.43. The van der Waals surface area contributed by atoms with Crippen LogP contribution in [0.3, 0.4) is 0 Å². The number of halogens is 4. The van der Waals surface area contributed by atoms with Crippen molar-refractivity contribution in [3.8, 4) is 0 Å². The number of aromatic amines is 1. The van der Waals surface area contributed by atoms with E-state index < -0.39 is 12.2 Å². The molecule has 0 atom stereocenters. The Morgan fingerprint density at radius 3 is 2.50 bits per heavy atom. The molecule has 0 aliphatic heterocycles. The first-order valence-corrected chi connectivity index (χ1v) is 6.26.